The summed E-state index contributed by atoms with van der Waals surface area (Å²) in [6.45, 7) is 4.07. The van der Waals surface area contributed by atoms with E-state index in [2.05, 4.69) is 24.3 Å². The van der Waals surface area contributed by atoms with E-state index in [1.165, 1.54) is 21.8 Å². The molecule has 0 aliphatic carbocycles. The van der Waals surface area contributed by atoms with Gasteiger partial charge in [-0.1, -0.05) is 36.4 Å². The predicted octanol–water partition coefficient (Wildman–Crippen LogP) is 0.880. The minimum atomic E-state index is -3.27. The van der Waals surface area contributed by atoms with Crippen LogP contribution in [0.3, 0.4) is 0 Å². The Morgan fingerprint density at radius 2 is 1.77 bits per heavy atom. The van der Waals surface area contributed by atoms with Crippen LogP contribution in [0, 0.1) is 0 Å². The minimum absolute atomic E-state index is 0.459. The second-order valence-corrected chi connectivity index (χ2v) is 8.68. The van der Waals surface area contributed by atoms with Gasteiger partial charge in [-0.15, -0.1) is 11.3 Å². The summed E-state index contributed by atoms with van der Waals surface area (Å²) >= 11 is 1.30. The van der Waals surface area contributed by atoms with Crippen molar-refractivity contribution in [1.82, 2.24) is 4.31 Å². The van der Waals surface area contributed by atoms with Crippen molar-refractivity contribution < 1.29 is 13.3 Å². The Morgan fingerprint density at radius 1 is 1.05 bits per heavy atom. The Hall–Kier alpha value is -1.21. The average Bonchev–Trinajstić information content (AvgIpc) is 3.10. The van der Waals surface area contributed by atoms with Crippen molar-refractivity contribution in [1.29, 1.82) is 0 Å². The molecule has 1 aromatic heterocycles. The van der Waals surface area contributed by atoms with Crippen LogP contribution < -0.4 is 4.90 Å². The topological polar surface area (TPSA) is 41.8 Å². The molecule has 0 unspecified atom stereocenters. The number of sulfonamides is 1. The molecule has 0 amide bonds. The van der Waals surface area contributed by atoms with Gasteiger partial charge < -0.3 is 4.90 Å². The Morgan fingerprint density at radius 3 is 2.41 bits per heavy atom. The number of thiophene rings is 1. The summed E-state index contributed by atoms with van der Waals surface area (Å²) in [5.41, 5.74) is 1.35. The number of hydrogen-bond donors (Lipinski definition) is 1. The first-order chi connectivity index (χ1) is 10.7. The Labute approximate surface area is 136 Å². The van der Waals surface area contributed by atoms with E-state index in [0.717, 1.165) is 26.1 Å². The summed E-state index contributed by atoms with van der Waals surface area (Å²) in [4.78, 5) is 1.49. The van der Waals surface area contributed by atoms with Gasteiger partial charge in [-0.3, -0.25) is 0 Å². The summed E-state index contributed by atoms with van der Waals surface area (Å²) in [5, 5.41) is 1.81. The molecule has 3 rings (SSSR count). The van der Waals surface area contributed by atoms with Crippen LogP contribution in [0.4, 0.5) is 0 Å². The molecule has 1 aliphatic heterocycles. The lowest BCUT2D eigenvalue weighted by Crippen LogP contribution is -3.15. The quantitative estimate of drug-likeness (QED) is 0.880. The van der Waals surface area contributed by atoms with Gasteiger partial charge in [0.05, 0.1) is 32.7 Å². The summed E-state index contributed by atoms with van der Waals surface area (Å²) in [6, 6.07) is 13.9. The van der Waals surface area contributed by atoms with Gasteiger partial charge in [0.25, 0.3) is 10.0 Å². The molecule has 2 heterocycles. The van der Waals surface area contributed by atoms with Crippen LogP contribution in [-0.4, -0.2) is 45.4 Å². The molecule has 1 fully saturated rings. The number of hydrogen-bond acceptors (Lipinski definition) is 3. The first-order valence-corrected chi connectivity index (χ1v) is 9.89. The molecule has 0 bridgehead atoms. The first kappa shape index (κ1) is 15.7. The van der Waals surface area contributed by atoms with Crippen LogP contribution in [0.25, 0.3) is 0 Å². The molecule has 6 heteroatoms. The molecular weight excluding hydrogens is 316 g/mol. The molecule has 1 aromatic carbocycles. The van der Waals surface area contributed by atoms with Crippen molar-refractivity contribution in [2.24, 2.45) is 0 Å². The van der Waals surface area contributed by atoms with Gasteiger partial charge in [-0.2, -0.15) is 4.31 Å². The summed E-state index contributed by atoms with van der Waals surface area (Å²) in [5.74, 6) is 0. The molecule has 118 valence electrons. The Bertz CT molecular complexity index is 676. The van der Waals surface area contributed by atoms with Gasteiger partial charge in [0.1, 0.15) is 4.21 Å². The van der Waals surface area contributed by atoms with Gasteiger partial charge in [-0.25, -0.2) is 8.42 Å². The maximum Gasteiger partial charge on any atom is 0.252 e. The third-order valence-corrected chi connectivity index (χ3v) is 7.40. The minimum Gasteiger partial charge on any atom is -0.332 e. The molecule has 1 saturated heterocycles. The van der Waals surface area contributed by atoms with E-state index in [4.69, 9.17) is 0 Å². The number of nitrogens with zero attached hydrogens (tertiary/aromatic N) is 1. The number of benzene rings is 1. The Balaban J connectivity index is 1.52. The van der Waals surface area contributed by atoms with Crippen LogP contribution in [0.2, 0.25) is 0 Å². The standard InChI is InChI=1S/C16H20N2O2S2/c19-22(20,16-7-4-14-21-16)18-12-10-17(11-13-18)9-8-15-5-2-1-3-6-15/h1-7,14H,8-13H2/p+1. The second-order valence-electron chi connectivity index (χ2n) is 5.57. The van der Waals surface area contributed by atoms with E-state index in [1.54, 1.807) is 16.4 Å². The molecular formula is C16H21N2O2S2+. The number of nitrogens with one attached hydrogen (secondary N) is 1. The van der Waals surface area contributed by atoms with Crippen molar-refractivity contribution >= 4 is 21.4 Å². The highest BCUT2D eigenvalue weighted by atomic mass is 32.2. The van der Waals surface area contributed by atoms with Crippen LogP contribution in [0.5, 0.6) is 0 Å². The lowest BCUT2D eigenvalue weighted by Gasteiger charge is -2.31. The van der Waals surface area contributed by atoms with Crippen LogP contribution in [-0.2, 0) is 16.4 Å². The van der Waals surface area contributed by atoms with Crippen LogP contribution >= 0.6 is 11.3 Å². The highest BCUT2D eigenvalue weighted by Gasteiger charge is 2.30. The SMILES string of the molecule is O=S(=O)(c1cccs1)N1CC[NH+](CCc2ccccc2)CC1. The van der Waals surface area contributed by atoms with E-state index in [1.807, 2.05) is 11.4 Å². The predicted molar refractivity (Wildman–Crippen MR) is 88.8 cm³/mol. The van der Waals surface area contributed by atoms with E-state index < -0.39 is 10.0 Å². The van der Waals surface area contributed by atoms with Gasteiger partial charge in [0, 0.05) is 6.42 Å². The van der Waals surface area contributed by atoms with Crippen molar-refractivity contribution in [3.63, 3.8) is 0 Å². The number of rotatable bonds is 5. The molecule has 0 spiro atoms. The molecule has 0 saturated carbocycles. The molecule has 4 nitrogen and oxygen atoms in total. The van der Waals surface area contributed by atoms with E-state index in [-0.39, 0.29) is 0 Å². The maximum absolute atomic E-state index is 12.5. The average molecular weight is 337 g/mol. The molecule has 2 aromatic rings. The normalized spacial score (nSPS) is 17.6. The van der Waals surface area contributed by atoms with Gasteiger partial charge in [0.15, 0.2) is 0 Å². The third kappa shape index (κ3) is 3.57. The molecule has 0 radical (unpaired) electrons. The first-order valence-electron chi connectivity index (χ1n) is 7.57. The fraction of sp³-hybridized carbons (Fsp3) is 0.375. The Kier molecular flexibility index (Phi) is 4.93. The van der Waals surface area contributed by atoms with Crippen molar-refractivity contribution in [2.75, 3.05) is 32.7 Å². The molecule has 22 heavy (non-hydrogen) atoms. The zero-order valence-electron chi connectivity index (χ0n) is 12.4. The lowest BCUT2D eigenvalue weighted by atomic mass is 10.1. The molecule has 1 aliphatic rings. The van der Waals surface area contributed by atoms with Crippen molar-refractivity contribution in [2.45, 2.75) is 10.6 Å². The monoisotopic (exact) mass is 337 g/mol. The summed E-state index contributed by atoms with van der Waals surface area (Å²) in [6.07, 6.45) is 1.05. The zero-order chi connectivity index (χ0) is 15.4. The van der Waals surface area contributed by atoms with Gasteiger partial charge in [-0.05, 0) is 17.0 Å². The highest BCUT2D eigenvalue weighted by Crippen LogP contribution is 2.20. The van der Waals surface area contributed by atoms with E-state index >= 15 is 0 Å². The smallest absolute Gasteiger partial charge is 0.252 e. The largest absolute Gasteiger partial charge is 0.332 e. The molecule has 1 N–H and O–H groups in total. The molecule has 0 atom stereocenters. The van der Waals surface area contributed by atoms with E-state index in [0.29, 0.717) is 17.3 Å². The fourth-order valence-corrected chi connectivity index (χ4v) is 5.38. The van der Waals surface area contributed by atoms with Crippen LogP contribution in [0.15, 0.2) is 52.1 Å². The maximum atomic E-state index is 12.5. The van der Waals surface area contributed by atoms with Gasteiger partial charge >= 0.3 is 0 Å². The van der Waals surface area contributed by atoms with Crippen molar-refractivity contribution in [3.05, 3.63) is 53.4 Å². The van der Waals surface area contributed by atoms with Crippen LogP contribution in [0.1, 0.15) is 5.56 Å². The summed E-state index contributed by atoms with van der Waals surface area (Å²) in [7, 11) is -3.27. The number of piperazine rings is 1. The second kappa shape index (κ2) is 6.91. The zero-order valence-corrected chi connectivity index (χ0v) is 14.1. The van der Waals surface area contributed by atoms with Crippen molar-refractivity contribution in [3.8, 4) is 0 Å². The lowest BCUT2D eigenvalue weighted by molar-refractivity contribution is -0.903. The number of quaternary nitrogens is 1. The van der Waals surface area contributed by atoms with E-state index in [9.17, 15) is 8.42 Å². The summed E-state index contributed by atoms with van der Waals surface area (Å²) < 4.78 is 27.0. The third-order valence-electron chi connectivity index (χ3n) is 4.13. The van der Waals surface area contributed by atoms with Gasteiger partial charge in [0.2, 0.25) is 0 Å². The highest BCUT2D eigenvalue weighted by molar-refractivity contribution is 7.91. The fourth-order valence-electron chi connectivity index (χ4n) is 2.80.